The lowest BCUT2D eigenvalue weighted by Crippen LogP contribution is -2.27. The molecule has 1 saturated carbocycles. The van der Waals surface area contributed by atoms with Gasteiger partial charge in [0.25, 0.3) is 0 Å². The minimum atomic E-state index is -0.434. The molecule has 0 aliphatic heterocycles. The molecule has 2 rings (SSSR count). The molecule has 0 unspecified atom stereocenters. The molecule has 2 atom stereocenters. The fourth-order valence-electron chi connectivity index (χ4n) is 1.38. The predicted octanol–water partition coefficient (Wildman–Crippen LogP) is 1.05. The standard InChI is InChI=1S/C9H13NO2/c10-8(7-2-1-5-12-7)9(11)6-3-4-6/h1-2,5-6,8-9,11H,3-4,10H2/t8-,9+/m1/s1. The zero-order valence-corrected chi connectivity index (χ0v) is 6.81. The predicted molar refractivity (Wildman–Crippen MR) is 44.4 cm³/mol. The van der Waals surface area contributed by atoms with E-state index >= 15 is 0 Å². The molecule has 66 valence electrons. The van der Waals surface area contributed by atoms with Gasteiger partial charge in [0.1, 0.15) is 5.76 Å². The molecule has 0 radical (unpaired) electrons. The molecule has 1 heterocycles. The first kappa shape index (κ1) is 7.83. The first-order chi connectivity index (χ1) is 5.79. The number of hydrogen-bond donors (Lipinski definition) is 2. The lowest BCUT2D eigenvalue weighted by Gasteiger charge is -2.15. The smallest absolute Gasteiger partial charge is 0.123 e. The normalized spacial score (nSPS) is 22.2. The summed E-state index contributed by atoms with van der Waals surface area (Å²) in [4.78, 5) is 0. The van der Waals surface area contributed by atoms with Crippen molar-refractivity contribution in [3.8, 4) is 0 Å². The van der Waals surface area contributed by atoms with Crippen LogP contribution in [0.5, 0.6) is 0 Å². The molecule has 0 aromatic carbocycles. The van der Waals surface area contributed by atoms with E-state index in [1.807, 2.05) is 0 Å². The van der Waals surface area contributed by atoms with E-state index in [0.29, 0.717) is 11.7 Å². The number of aliphatic hydroxyl groups is 1. The summed E-state index contributed by atoms with van der Waals surface area (Å²) in [6.07, 6.45) is 3.33. The van der Waals surface area contributed by atoms with Crippen molar-refractivity contribution in [2.24, 2.45) is 11.7 Å². The van der Waals surface area contributed by atoms with E-state index in [-0.39, 0.29) is 6.04 Å². The summed E-state index contributed by atoms with van der Waals surface area (Å²) >= 11 is 0. The van der Waals surface area contributed by atoms with Crippen LogP contribution in [0.15, 0.2) is 22.8 Å². The molecule has 3 nitrogen and oxygen atoms in total. The summed E-state index contributed by atoms with van der Waals surface area (Å²) < 4.78 is 5.11. The largest absolute Gasteiger partial charge is 0.468 e. The minimum Gasteiger partial charge on any atom is -0.468 e. The van der Waals surface area contributed by atoms with Crippen LogP contribution in [0.25, 0.3) is 0 Å². The average Bonchev–Trinajstić information content (AvgIpc) is 2.79. The van der Waals surface area contributed by atoms with Gasteiger partial charge in [-0.15, -0.1) is 0 Å². The maximum absolute atomic E-state index is 9.64. The van der Waals surface area contributed by atoms with Crippen molar-refractivity contribution in [3.63, 3.8) is 0 Å². The highest BCUT2D eigenvalue weighted by Crippen LogP contribution is 2.37. The number of rotatable bonds is 3. The van der Waals surface area contributed by atoms with Crippen molar-refractivity contribution >= 4 is 0 Å². The van der Waals surface area contributed by atoms with Crippen LogP contribution >= 0.6 is 0 Å². The first-order valence-corrected chi connectivity index (χ1v) is 4.26. The SMILES string of the molecule is N[C@H](c1ccco1)[C@@H](O)C1CC1. The van der Waals surface area contributed by atoms with E-state index in [9.17, 15) is 5.11 Å². The van der Waals surface area contributed by atoms with Crippen molar-refractivity contribution in [2.75, 3.05) is 0 Å². The molecule has 0 amide bonds. The van der Waals surface area contributed by atoms with Crippen molar-refractivity contribution in [1.29, 1.82) is 0 Å². The summed E-state index contributed by atoms with van der Waals surface area (Å²) in [7, 11) is 0. The second-order valence-electron chi connectivity index (χ2n) is 3.37. The topological polar surface area (TPSA) is 59.4 Å². The molecule has 1 aromatic heterocycles. The van der Waals surface area contributed by atoms with E-state index in [1.54, 1.807) is 18.4 Å². The monoisotopic (exact) mass is 167 g/mol. The van der Waals surface area contributed by atoms with Gasteiger partial charge in [-0.25, -0.2) is 0 Å². The molecule has 12 heavy (non-hydrogen) atoms. The molecular weight excluding hydrogens is 154 g/mol. The van der Waals surface area contributed by atoms with E-state index < -0.39 is 6.10 Å². The van der Waals surface area contributed by atoms with Gasteiger partial charge in [-0.05, 0) is 30.9 Å². The molecule has 1 aromatic rings. The van der Waals surface area contributed by atoms with Crippen LogP contribution in [0, 0.1) is 5.92 Å². The Bertz CT molecular complexity index is 241. The second-order valence-corrected chi connectivity index (χ2v) is 3.37. The van der Waals surface area contributed by atoms with Gasteiger partial charge < -0.3 is 15.3 Å². The lowest BCUT2D eigenvalue weighted by atomic mass is 10.1. The van der Waals surface area contributed by atoms with Gasteiger partial charge in [0.15, 0.2) is 0 Å². The van der Waals surface area contributed by atoms with Gasteiger partial charge in [0.05, 0.1) is 18.4 Å². The molecule has 3 N–H and O–H groups in total. The highest BCUT2D eigenvalue weighted by Gasteiger charge is 2.35. The maximum atomic E-state index is 9.64. The zero-order chi connectivity index (χ0) is 8.55. The van der Waals surface area contributed by atoms with Crippen molar-refractivity contribution < 1.29 is 9.52 Å². The van der Waals surface area contributed by atoms with E-state index in [2.05, 4.69) is 0 Å². The van der Waals surface area contributed by atoms with Gasteiger partial charge in [-0.3, -0.25) is 0 Å². The number of furan rings is 1. The van der Waals surface area contributed by atoms with Crippen LogP contribution in [0.1, 0.15) is 24.6 Å². The van der Waals surface area contributed by atoms with Crippen LogP contribution in [0.4, 0.5) is 0 Å². The summed E-state index contributed by atoms with van der Waals surface area (Å²) in [5.74, 6) is 1.07. The third kappa shape index (κ3) is 1.38. The van der Waals surface area contributed by atoms with Gasteiger partial charge >= 0.3 is 0 Å². The van der Waals surface area contributed by atoms with Gasteiger partial charge in [-0.1, -0.05) is 0 Å². The molecule has 0 saturated heterocycles. The Morgan fingerprint density at radius 2 is 2.33 bits per heavy atom. The van der Waals surface area contributed by atoms with Crippen LogP contribution in [0.2, 0.25) is 0 Å². The third-order valence-corrected chi connectivity index (χ3v) is 2.34. The lowest BCUT2D eigenvalue weighted by molar-refractivity contribution is 0.113. The zero-order valence-electron chi connectivity index (χ0n) is 6.81. The Kier molecular flexibility index (Phi) is 1.90. The summed E-state index contributed by atoms with van der Waals surface area (Å²) in [6, 6.07) is 3.23. The fourth-order valence-corrected chi connectivity index (χ4v) is 1.38. The van der Waals surface area contributed by atoms with Crippen LogP contribution in [-0.2, 0) is 0 Å². The quantitative estimate of drug-likeness (QED) is 0.707. The summed E-state index contributed by atoms with van der Waals surface area (Å²) in [6.45, 7) is 0. The van der Waals surface area contributed by atoms with Crippen molar-refractivity contribution in [1.82, 2.24) is 0 Å². The summed E-state index contributed by atoms with van der Waals surface area (Å²) in [5, 5.41) is 9.64. The molecular formula is C9H13NO2. The molecule has 0 spiro atoms. The van der Waals surface area contributed by atoms with Crippen LogP contribution < -0.4 is 5.73 Å². The molecule has 1 aliphatic carbocycles. The fraction of sp³-hybridized carbons (Fsp3) is 0.556. The molecule has 1 fully saturated rings. The minimum absolute atomic E-state index is 0.354. The van der Waals surface area contributed by atoms with E-state index in [4.69, 9.17) is 10.2 Å². The van der Waals surface area contributed by atoms with Crippen LogP contribution in [-0.4, -0.2) is 11.2 Å². The maximum Gasteiger partial charge on any atom is 0.123 e. The Morgan fingerprint density at radius 3 is 2.83 bits per heavy atom. The van der Waals surface area contributed by atoms with E-state index in [1.165, 1.54) is 0 Å². The Hall–Kier alpha value is -0.800. The van der Waals surface area contributed by atoms with Gasteiger partial charge in [0, 0.05) is 0 Å². The summed E-state index contributed by atoms with van der Waals surface area (Å²) in [5.41, 5.74) is 5.78. The second kappa shape index (κ2) is 2.92. The van der Waals surface area contributed by atoms with Gasteiger partial charge in [0.2, 0.25) is 0 Å². The van der Waals surface area contributed by atoms with Crippen molar-refractivity contribution in [2.45, 2.75) is 25.0 Å². The Morgan fingerprint density at radius 1 is 1.58 bits per heavy atom. The molecule has 3 heteroatoms. The highest BCUT2D eigenvalue weighted by atomic mass is 16.3. The number of aliphatic hydroxyl groups excluding tert-OH is 1. The average molecular weight is 167 g/mol. The Balaban J connectivity index is 2.03. The van der Waals surface area contributed by atoms with E-state index in [0.717, 1.165) is 12.8 Å². The Labute approximate surface area is 71.2 Å². The van der Waals surface area contributed by atoms with Crippen LogP contribution in [0.3, 0.4) is 0 Å². The van der Waals surface area contributed by atoms with Crippen molar-refractivity contribution in [3.05, 3.63) is 24.2 Å². The number of hydrogen-bond acceptors (Lipinski definition) is 3. The molecule has 1 aliphatic rings. The number of nitrogens with two attached hydrogens (primary N) is 1. The molecule has 0 bridgehead atoms. The van der Waals surface area contributed by atoms with Gasteiger partial charge in [-0.2, -0.15) is 0 Å². The highest BCUT2D eigenvalue weighted by molar-refractivity contribution is 5.07. The first-order valence-electron chi connectivity index (χ1n) is 4.26. The third-order valence-electron chi connectivity index (χ3n) is 2.34.